The van der Waals surface area contributed by atoms with Gasteiger partial charge in [0.1, 0.15) is 0 Å². The van der Waals surface area contributed by atoms with Crippen molar-refractivity contribution in [2.45, 2.75) is 50.2 Å². The SMILES string of the molecule is CC(=O)SC1(CC(=O)NCCO)C2CC3CC(C2)CC1C3. The van der Waals surface area contributed by atoms with Crippen molar-refractivity contribution in [3.05, 3.63) is 0 Å². The third kappa shape index (κ3) is 2.87. The van der Waals surface area contributed by atoms with E-state index in [1.165, 1.54) is 43.9 Å². The van der Waals surface area contributed by atoms with Gasteiger partial charge in [-0.15, -0.1) is 0 Å². The third-order valence-corrected chi connectivity index (χ3v) is 7.20. The maximum Gasteiger partial charge on any atom is 0.221 e. The highest BCUT2D eigenvalue weighted by atomic mass is 32.2. The van der Waals surface area contributed by atoms with E-state index in [1.807, 2.05) is 0 Å². The molecule has 5 heteroatoms. The van der Waals surface area contributed by atoms with Crippen LogP contribution in [-0.4, -0.2) is 34.0 Å². The molecule has 1 amide bonds. The average molecular weight is 311 g/mol. The summed E-state index contributed by atoms with van der Waals surface area (Å²) in [5, 5.41) is 11.8. The van der Waals surface area contributed by atoms with E-state index in [1.54, 1.807) is 6.92 Å². The molecular formula is C16H25NO3S. The molecule has 0 radical (unpaired) electrons. The third-order valence-electron chi connectivity index (χ3n) is 5.72. The standard InChI is InChI=1S/C16H25NO3S/c1-10(19)21-16(9-15(20)17-2-3-18)13-5-11-4-12(7-13)8-14(16)6-11/h11-14,18H,2-9H2,1H3,(H,17,20). The first-order chi connectivity index (χ1) is 10.0. The van der Waals surface area contributed by atoms with Gasteiger partial charge in [-0.3, -0.25) is 9.59 Å². The molecule has 0 aromatic rings. The van der Waals surface area contributed by atoms with Crippen LogP contribution in [0.4, 0.5) is 0 Å². The maximum absolute atomic E-state index is 12.2. The van der Waals surface area contributed by atoms with Gasteiger partial charge in [0.05, 0.1) is 6.61 Å². The van der Waals surface area contributed by atoms with Gasteiger partial charge in [-0.05, 0) is 55.8 Å². The minimum Gasteiger partial charge on any atom is -0.395 e. The summed E-state index contributed by atoms with van der Waals surface area (Å²) < 4.78 is -0.182. The highest BCUT2D eigenvalue weighted by Gasteiger charge is 2.58. The number of hydrogen-bond acceptors (Lipinski definition) is 4. The molecule has 0 saturated heterocycles. The topological polar surface area (TPSA) is 66.4 Å². The second-order valence-electron chi connectivity index (χ2n) is 7.10. The van der Waals surface area contributed by atoms with Gasteiger partial charge in [-0.2, -0.15) is 0 Å². The summed E-state index contributed by atoms with van der Waals surface area (Å²) in [5.41, 5.74) is 0. The van der Waals surface area contributed by atoms with Crippen LogP contribution in [0, 0.1) is 23.7 Å². The van der Waals surface area contributed by atoms with Gasteiger partial charge >= 0.3 is 0 Å². The van der Waals surface area contributed by atoms with E-state index in [4.69, 9.17) is 5.11 Å². The second kappa shape index (κ2) is 5.92. The Morgan fingerprint density at radius 2 is 1.71 bits per heavy atom. The van der Waals surface area contributed by atoms with E-state index < -0.39 is 0 Å². The fourth-order valence-corrected chi connectivity index (χ4v) is 6.71. The number of rotatable bonds is 5. The van der Waals surface area contributed by atoms with E-state index in [-0.39, 0.29) is 22.4 Å². The number of thioether (sulfide) groups is 1. The number of amides is 1. The zero-order valence-corrected chi connectivity index (χ0v) is 13.5. The number of carbonyl (C=O) groups is 2. The molecule has 0 aromatic carbocycles. The summed E-state index contributed by atoms with van der Waals surface area (Å²) >= 11 is 1.44. The van der Waals surface area contributed by atoms with Crippen LogP contribution in [0.2, 0.25) is 0 Å². The van der Waals surface area contributed by atoms with Crippen molar-refractivity contribution in [3.8, 4) is 0 Å². The molecule has 0 heterocycles. The van der Waals surface area contributed by atoms with E-state index in [2.05, 4.69) is 5.32 Å². The van der Waals surface area contributed by atoms with Gasteiger partial charge in [-0.25, -0.2) is 0 Å². The molecule has 0 unspecified atom stereocenters. The highest BCUT2D eigenvalue weighted by molar-refractivity contribution is 8.14. The number of aliphatic hydroxyl groups is 1. The first kappa shape index (κ1) is 15.3. The predicted octanol–water partition coefficient (Wildman–Crippen LogP) is 1.96. The number of carbonyl (C=O) groups excluding carboxylic acids is 2. The minimum absolute atomic E-state index is 0.00901. The maximum atomic E-state index is 12.2. The number of nitrogens with one attached hydrogen (secondary N) is 1. The van der Waals surface area contributed by atoms with Crippen LogP contribution in [0.3, 0.4) is 0 Å². The Morgan fingerprint density at radius 1 is 1.14 bits per heavy atom. The van der Waals surface area contributed by atoms with Crippen molar-refractivity contribution in [1.29, 1.82) is 0 Å². The molecule has 4 nitrogen and oxygen atoms in total. The Labute approximate surface area is 130 Å². The largest absolute Gasteiger partial charge is 0.395 e. The zero-order valence-electron chi connectivity index (χ0n) is 12.6. The summed E-state index contributed by atoms with van der Waals surface area (Å²) in [7, 11) is 0. The van der Waals surface area contributed by atoms with Gasteiger partial charge in [-0.1, -0.05) is 11.8 Å². The van der Waals surface area contributed by atoms with Gasteiger partial charge in [0.15, 0.2) is 5.12 Å². The van der Waals surface area contributed by atoms with Crippen molar-refractivity contribution in [1.82, 2.24) is 5.32 Å². The normalized spacial score (nSPS) is 40.3. The highest BCUT2D eigenvalue weighted by Crippen LogP contribution is 2.64. The van der Waals surface area contributed by atoms with E-state index in [0.29, 0.717) is 24.8 Å². The van der Waals surface area contributed by atoms with Crippen molar-refractivity contribution in [2.75, 3.05) is 13.2 Å². The molecule has 21 heavy (non-hydrogen) atoms. The molecular weight excluding hydrogens is 286 g/mol. The molecule has 4 aliphatic carbocycles. The number of hydrogen-bond donors (Lipinski definition) is 2. The molecule has 4 bridgehead atoms. The second-order valence-corrected chi connectivity index (χ2v) is 8.64. The monoisotopic (exact) mass is 311 g/mol. The quantitative estimate of drug-likeness (QED) is 0.814. The summed E-state index contributed by atoms with van der Waals surface area (Å²) in [6, 6.07) is 0. The molecule has 4 rings (SSSR count). The lowest BCUT2D eigenvalue weighted by atomic mass is 9.50. The van der Waals surface area contributed by atoms with Gasteiger partial charge < -0.3 is 10.4 Å². The molecule has 0 spiro atoms. The lowest BCUT2D eigenvalue weighted by Gasteiger charge is -2.60. The van der Waals surface area contributed by atoms with Crippen LogP contribution in [0.15, 0.2) is 0 Å². The van der Waals surface area contributed by atoms with Crippen LogP contribution in [-0.2, 0) is 9.59 Å². The fourth-order valence-electron chi connectivity index (χ4n) is 5.25. The lowest BCUT2D eigenvalue weighted by molar-refractivity contribution is -0.124. The Balaban J connectivity index is 1.80. The van der Waals surface area contributed by atoms with Crippen LogP contribution in [0.1, 0.15) is 45.4 Å². The Morgan fingerprint density at radius 3 is 2.19 bits per heavy atom. The smallest absolute Gasteiger partial charge is 0.221 e. The van der Waals surface area contributed by atoms with E-state index in [0.717, 1.165) is 11.8 Å². The molecule has 0 atom stereocenters. The predicted molar refractivity (Wildman–Crippen MR) is 82.8 cm³/mol. The fraction of sp³-hybridized carbons (Fsp3) is 0.875. The first-order valence-corrected chi connectivity index (χ1v) is 8.92. The molecule has 4 saturated carbocycles. The van der Waals surface area contributed by atoms with Gasteiger partial charge in [0.25, 0.3) is 0 Å². The molecule has 4 aliphatic rings. The summed E-state index contributed by atoms with van der Waals surface area (Å²) in [4.78, 5) is 24.1. The molecule has 4 fully saturated rings. The minimum atomic E-state index is -0.182. The Hall–Kier alpha value is -0.550. The molecule has 118 valence electrons. The molecule has 0 aliphatic heterocycles. The van der Waals surface area contributed by atoms with Crippen molar-refractivity contribution in [3.63, 3.8) is 0 Å². The Kier molecular flexibility index (Phi) is 4.33. The van der Waals surface area contributed by atoms with Crippen LogP contribution >= 0.6 is 11.8 Å². The summed E-state index contributed by atoms with van der Waals surface area (Å²) in [5.74, 6) is 2.68. The summed E-state index contributed by atoms with van der Waals surface area (Å²) in [6.45, 7) is 1.90. The Bertz CT molecular complexity index is 409. The zero-order chi connectivity index (χ0) is 15.0. The van der Waals surface area contributed by atoms with Crippen LogP contribution in [0.25, 0.3) is 0 Å². The van der Waals surface area contributed by atoms with Gasteiger partial charge in [0.2, 0.25) is 5.91 Å². The van der Waals surface area contributed by atoms with Gasteiger partial charge in [0, 0.05) is 24.6 Å². The summed E-state index contributed by atoms with van der Waals surface area (Å²) in [6.07, 6.45) is 6.58. The molecule has 0 aromatic heterocycles. The van der Waals surface area contributed by atoms with E-state index in [9.17, 15) is 9.59 Å². The van der Waals surface area contributed by atoms with E-state index >= 15 is 0 Å². The number of aliphatic hydroxyl groups excluding tert-OH is 1. The molecule has 2 N–H and O–H groups in total. The lowest BCUT2D eigenvalue weighted by Crippen LogP contribution is -2.57. The first-order valence-electron chi connectivity index (χ1n) is 8.10. The average Bonchev–Trinajstić information content (AvgIpc) is 2.41. The van der Waals surface area contributed by atoms with Crippen molar-refractivity contribution < 1.29 is 14.7 Å². The van der Waals surface area contributed by atoms with Crippen molar-refractivity contribution >= 4 is 22.8 Å². The van der Waals surface area contributed by atoms with Crippen LogP contribution in [0.5, 0.6) is 0 Å². The van der Waals surface area contributed by atoms with Crippen LogP contribution < -0.4 is 5.32 Å². The van der Waals surface area contributed by atoms with Crippen molar-refractivity contribution in [2.24, 2.45) is 23.7 Å².